The number of aliphatic hydroxyl groups is 5. The summed E-state index contributed by atoms with van der Waals surface area (Å²) in [5.41, 5.74) is 0. The van der Waals surface area contributed by atoms with Crippen LogP contribution in [0.5, 0.6) is 0 Å². The third-order valence-electron chi connectivity index (χ3n) is 9.70. The molecule has 1 rings (SSSR count). The summed E-state index contributed by atoms with van der Waals surface area (Å²) in [6, 6.07) is 0. The maximum atomic E-state index is 12.7. The van der Waals surface area contributed by atoms with Gasteiger partial charge < -0.3 is 39.9 Å². The van der Waals surface area contributed by atoms with Crippen LogP contribution in [0.1, 0.15) is 174 Å². The SMILES string of the molecule is CCCCCCCCCCCCCCCCC(=O)OC(COC(=O)CCCCCCCCCCC)COP(=O)(O)OC1C(O)C(O)C(O)C(O)C1O. The topological polar surface area (TPSA) is 210 Å². The average Bonchev–Trinajstić information content (AvgIpc) is 3.12. The molecule has 13 nitrogen and oxygen atoms in total. The summed E-state index contributed by atoms with van der Waals surface area (Å²) in [6.45, 7) is 3.26. The van der Waals surface area contributed by atoms with Crippen LogP contribution in [0.3, 0.4) is 0 Å². The first-order valence-corrected chi connectivity index (χ1v) is 21.8. The van der Waals surface area contributed by atoms with Gasteiger partial charge in [0.15, 0.2) is 6.10 Å². The van der Waals surface area contributed by atoms with Crippen molar-refractivity contribution >= 4 is 19.8 Å². The van der Waals surface area contributed by atoms with Crippen molar-refractivity contribution in [2.75, 3.05) is 13.2 Å². The summed E-state index contributed by atoms with van der Waals surface area (Å²) in [6.07, 6.45) is 13.3. The number of phosphoric acid groups is 1. The van der Waals surface area contributed by atoms with Crippen LogP contribution in [0.4, 0.5) is 0 Å². The first-order chi connectivity index (χ1) is 24.9. The number of carbonyl (C=O) groups excluding carboxylic acids is 2. The molecule has 0 aromatic heterocycles. The molecule has 0 radical (unpaired) electrons. The van der Waals surface area contributed by atoms with Crippen molar-refractivity contribution in [3.8, 4) is 0 Å². The highest BCUT2D eigenvalue weighted by molar-refractivity contribution is 7.47. The van der Waals surface area contributed by atoms with Crippen LogP contribution in [-0.4, -0.2) is 98.3 Å². The van der Waals surface area contributed by atoms with Crippen molar-refractivity contribution in [1.29, 1.82) is 0 Å². The number of aliphatic hydroxyl groups excluding tert-OH is 5. The maximum Gasteiger partial charge on any atom is 0.472 e. The van der Waals surface area contributed by atoms with Crippen molar-refractivity contribution in [3.63, 3.8) is 0 Å². The molecule has 6 atom stereocenters. The van der Waals surface area contributed by atoms with Gasteiger partial charge in [-0.05, 0) is 12.8 Å². The zero-order valence-corrected chi connectivity index (χ0v) is 33.0. The molecule has 6 N–H and O–H groups in total. The summed E-state index contributed by atoms with van der Waals surface area (Å²) in [4.78, 5) is 35.4. The van der Waals surface area contributed by atoms with Gasteiger partial charge in [-0.2, -0.15) is 0 Å². The molecular weight excluding hydrogens is 695 g/mol. The molecule has 0 bridgehead atoms. The lowest BCUT2D eigenvalue weighted by molar-refractivity contribution is -0.220. The van der Waals surface area contributed by atoms with Crippen LogP contribution in [0, 0.1) is 0 Å². The highest BCUT2D eigenvalue weighted by atomic mass is 31.2. The first kappa shape index (κ1) is 48.9. The predicted octanol–water partition coefficient (Wildman–Crippen LogP) is 6.55. The molecule has 0 heterocycles. The number of phosphoric ester groups is 1. The molecule has 1 fully saturated rings. The Balaban J connectivity index is 2.51. The van der Waals surface area contributed by atoms with Crippen molar-refractivity contribution in [2.24, 2.45) is 0 Å². The Hall–Kier alpha value is -1.15. The molecule has 1 aliphatic rings. The largest absolute Gasteiger partial charge is 0.472 e. The molecule has 0 aromatic rings. The van der Waals surface area contributed by atoms with E-state index in [-0.39, 0.29) is 12.8 Å². The number of carbonyl (C=O) groups is 2. The molecule has 6 unspecified atom stereocenters. The zero-order chi connectivity index (χ0) is 38.6. The van der Waals surface area contributed by atoms with Gasteiger partial charge in [-0.15, -0.1) is 0 Å². The minimum atomic E-state index is -5.10. The Morgan fingerprint density at radius 1 is 0.519 bits per heavy atom. The Morgan fingerprint density at radius 3 is 1.27 bits per heavy atom. The molecule has 0 saturated heterocycles. The van der Waals surface area contributed by atoms with E-state index in [1.807, 2.05) is 0 Å². The van der Waals surface area contributed by atoms with Crippen LogP contribution in [0.15, 0.2) is 0 Å². The maximum absolute atomic E-state index is 12.7. The van der Waals surface area contributed by atoms with Gasteiger partial charge in [-0.25, -0.2) is 4.57 Å². The number of esters is 2. The second-order valence-electron chi connectivity index (χ2n) is 14.5. The van der Waals surface area contributed by atoms with E-state index in [1.165, 1.54) is 96.3 Å². The van der Waals surface area contributed by atoms with Gasteiger partial charge in [0.05, 0.1) is 6.61 Å². The lowest BCUT2D eigenvalue weighted by atomic mass is 9.85. The fourth-order valence-electron chi connectivity index (χ4n) is 6.35. The number of hydrogen-bond donors (Lipinski definition) is 6. The predicted molar refractivity (Wildman–Crippen MR) is 198 cm³/mol. The highest BCUT2D eigenvalue weighted by Crippen LogP contribution is 2.47. The second-order valence-corrected chi connectivity index (χ2v) is 15.9. The monoisotopic (exact) mass is 768 g/mol. The molecule has 0 aliphatic heterocycles. The molecule has 52 heavy (non-hydrogen) atoms. The Morgan fingerprint density at radius 2 is 0.865 bits per heavy atom. The minimum Gasteiger partial charge on any atom is -0.462 e. The lowest BCUT2D eigenvalue weighted by Gasteiger charge is -2.41. The summed E-state index contributed by atoms with van der Waals surface area (Å²) in [5, 5.41) is 49.9. The smallest absolute Gasteiger partial charge is 0.462 e. The van der Waals surface area contributed by atoms with Crippen LogP contribution < -0.4 is 0 Å². The van der Waals surface area contributed by atoms with Gasteiger partial charge in [0.25, 0.3) is 0 Å². The molecule has 0 amide bonds. The van der Waals surface area contributed by atoms with Crippen molar-refractivity contribution in [1.82, 2.24) is 0 Å². The normalized spacial score (nSPS) is 23.6. The van der Waals surface area contributed by atoms with E-state index in [1.54, 1.807) is 0 Å². The van der Waals surface area contributed by atoms with Crippen LogP contribution in [-0.2, 0) is 32.7 Å². The molecule has 1 saturated carbocycles. The third kappa shape index (κ3) is 22.9. The van der Waals surface area contributed by atoms with E-state index in [0.29, 0.717) is 12.8 Å². The summed E-state index contributed by atoms with van der Waals surface area (Å²) < 4.78 is 33.3. The zero-order valence-electron chi connectivity index (χ0n) is 32.1. The van der Waals surface area contributed by atoms with Gasteiger partial charge in [0, 0.05) is 12.8 Å². The van der Waals surface area contributed by atoms with Crippen LogP contribution >= 0.6 is 7.82 Å². The lowest BCUT2D eigenvalue weighted by Crippen LogP contribution is -2.64. The third-order valence-corrected chi connectivity index (χ3v) is 10.7. The van der Waals surface area contributed by atoms with E-state index in [9.17, 15) is 44.6 Å². The fraction of sp³-hybridized carbons (Fsp3) is 0.947. The molecule has 0 aromatic carbocycles. The Labute approximate surface area is 312 Å². The summed E-state index contributed by atoms with van der Waals surface area (Å²) >= 11 is 0. The molecule has 308 valence electrons. The van der Waals surface area contributed by atoms with E-state index in [2.05, 4.69) is 13.8 Å². The van der Waals surface area contributed by atoms with Crippen LogP contribution in [0.2, 0.25) is 0 Å². The van der Waals surface area contributed by atoms with Gasteiger partial charge >= 0.3 is 19.8 Å². The number of rotatable bonds is 33. The fourth-order valence-corrected chi connectivity index (χ4v) is 7.32. The number of unbranched alkanes of at least 4 members (excludes halogenated alkanes) is 21. The van der Waals surface area contributed by atoms with Crippen molar-refractivity contribution < 1.29 is 63.1 Å². The second kappa shape index (κ2) is 30.1. The van der Waals surface area contributed by atoms with E-state index >= 15 is 0 Å². The van der Waals surface area contributed by atoms with Crippen LogP contribution in [0.25, 0.3) is 0 Å². The van der Waals surface area contributed by atoms with Gasteiger partial charge in [-0.1, -0.05) is 149 Å². The minimum absolute atomic E-state index is 0.104. The molecule has 0 spiro atoms. The van der Waals surface area contributed by atoms with Crippen molar-refractivity contribution in [3.05, 3.63) is 0 Å². The Bertz CT molecular complexity index is 938. The molecule has 1 aliphatic carbocycles. The quantitative estimate of drug-likeness (QED) is 0.0238. The molecule has 14 heteroatoms. The summed E-state index contributed by atoms with van der Waals surface area (Å²) in [5.74, 6) is -1.09. The standard InChI is InChI=1S/C38H73O13P/c1-3-5-7-9-11-13-14-15-16-17-19-21-23-25-27-32(40)50-30(28-48-31(39)26-24-22-20-18-12-10-8-6-4-2)29-49-52(46,47)51-38-36(44)34(42)33(41)35(43)37(38)45/h30,33-38,41-45H,3-29H2,1-2H3,(H,46,47). The highest BCUT2D eigenvalue weighted by Gasteiger charge is 2.51. The van der Waals surface area contributed by atoms with Gasteiger partial charge in [0.2, 0.25) is 0 Å². The van der Waals surface area contributed by atoms with Crippen molar-refractivity contribution in [2.45, 2.75) is 217 Å². The van der Waals surface area contributed by atoms with E-state index < -0.39 is 75.7 Å². The number of ether oxygens (including phenoxy) is 2. The van der Waals surface area contributed by atoms with E-state index in [4.69, 9.17) is 18.5 Å². The van der Waals surface area contributed by atoms with E-state index in [0.717, 1.165) is 38.5 Å². The number of hydrogen-bond acceptors (Lipinski definition) is 12. The average molecular weight is 769 g/mol. The Kier molecular flexibility index (Phi) is 28.3. The van der Waals surface area contributed by atoms with Gasteiger partial charge in [-0.3, -0.25) is 18.6 Å². The first-order valence-electron chi connectivity index (χ1n) is 20.3. The van der Waals surface area contributed by atoms with Gasteiger partial charge in [0.1, 0.15) is 43.2 Å². The summed E-state index contributed by atoms with van der Waals surface area (Å²) in [7, 11) is -5.10. The molecular formula is C38H73O13P.